The van der Waals surface area contributed by atoms with E-state index >= 15 is 0 Å². The van der Waals surface area contributed by atoms with Crippen molar-refractivity contribution in [2.75, 3.05) is 19.6 Å². The van der Waals surface area contributed by atoms with Gasteiger partial charge in [-0.3, -0.25) is 0 Å². The van der Waals surface area contributed by atoms with E-state index in [0.29, 0.717) is 12.0 Å². The molecule has 84 valence electrons. The molecule has 14 heavy (non-hydrogen) atoms. The number of hydrogen-bond acceptors (Lipinski definition) is 2. The topological polar surface area (TPSA) is 29.3 Å². The van der Waals surface area contributed by atoms with Crippen LogP contribution in [-0.2, 0) is 0 Å². The fraction of sp³-hybridized carbons (Fsp3) is 1.00. The summed E-state index contributed by atoms with van der Waals surface area (Å²) in [5, 5.41) is 0. The Morgan fingerprint density at radius 2 is 2.00 bits per heavy atom. The monoisotopic (exact) mass is 198 g/mol. The van der Waals surface area contributed by atoms with E-state index in [1.165, 1.54) is 25.8 Å². The second-order valence-electron chi connectivity index (χ2n) is 5.06. The molecule has 0 amide bonds. The van der Waals surface area contributed by atoms with Gasteiger partial charge in [-0.05, 0) is 31.2 Å². The Morgan fingerprint density at radius 1 is 1.36 bits per heavy atom. The summed E-state index contributed by atoms with van der Waals surface area (Å²) in [5.41, 5.74) is 6.09. The summed E-state index contributed by atoms with van der Waals surface area (Å²) in [6.07, 6.45) is 4.32. The van der Waals surface area contributed by atoms with E-state index in [1.54, 1.807) is 0 Å². The van der Waals surface area contributed by atoms with Crippen LogP contribution in [0, 0.1) is 11.8 Å². The summed E-state index contributed by atoms with van der Waals surface area (Å²) in [7, 11) is 0. The van der Waals surface area contributed by atoms with E-state index in [2.05, 4.69) is 25.7 Å². The maximum atomic E-state index is 6.09. The van der Waals surface area contributed by atoms with Crippen LogP contribution in [-0.4, -0.2) is 30.6 Å². The molecule has 0 aromatic carbocycles. The molecule has 1 saturated carbocycles. The SMILES string of the molecule is CCN(CC1CCC1)CC(N)C(C)C. The Kier molecular flexibility index (Phi) is 4.90. The van der Waals surface area contributed by atoms with Gasteiger partial charge in [0.2, 0.25) is 0 Å². The lowest BCUT2D eigenvalue weighted by Crippen LogP contribution is -2.43. The minimum atomic E-state index is 0.343. The van der Waals surface area contributed by atoms with E-state index in [4.69, 9.17) is 5.73 Å². The molecule has 1 rings (SSSR count). The quantitative estimate of drug-likeness (QED) is 0.708. The smallest absolute Gasteiger partial charge is 0.0191 e. The van der Waals surface area contributed by atoms with Crippen LogP contribution in [0.5, 0.6) is 0 Å². The van der Waals surface area contributed by atoms with E-state index < -0.39 is 0 Å². The van der Waals surface area contributed by atoms with Crippen LogP contribution in [0.1, 0.15) is 40.0 Å². The summed E-state index contributed by atoms with van der Waals surface area (Å²) in [6.45, 7) is 10.2. The van der Waals surface area contributed by atoms with Crippen LogP contribution in [0.15, 0.2) is 0 Å². The van der Waals surface area contributed by atoms with Crippen molar-refractivity contribution in [3.05, 3.63) is 0 Å². The fourth-order valence-corrected chi connectivity index (χ4v) is 1.88. The minimum absolute atomic E-state index is 0.343. The van der Waals surface area contributed by atoms with Crippen molar-refractivity contribution >= 4 is 0 Å². The third-order valence-electron chi connectivity index (χ3n) is 3.51. The molecule has 2 N–H and O–H groups in total. The first kappa shape index (κ1) is 12.0. The van der Waals surface area contributed by atoms with Crippen molar-refractivity contribution in [3.63, 3.8) is 0 Å². The van der Waals surface area contributed by atoms with E-state index in [1.807, 2.05) is 0 Å². The highest BCUT2D eigenvalue weighted by Gasteiger charge is 2.21. The molecule has 0 spiro atoms. The molecule has 0 aliphatic heterocycles. The standard InChI is InChI=1S/C12H26N2/c1-4-14(8-11-6-5-7-11)9-12(13)10(2)3/h10-12H,4-9,13H2,1-3H3. The number of nitrogens with two attached hydrogens (primary N) is 1. The van der Waals surface area contributed by atoms with Gasteiger partial charge < -0.3 is 10.6 Å². The van der Waals surface area contributed by atoms with Gasteiger partial charge in [0.15, 0.2) is 0 Å². The van der Waals surface area contributed by atoms with E-state index in [0.717, 1.165) is 19.0 Å². The lowest BCUT2D eigenvalue weighted by atomic mass is 9.85. The lowest BCUT2D eigenvalue weighted by molar-refractivity contribution is 0.168. The Morgan fingerprint density at radius 3 is 2.36 bits per heavy atom. The molecule has 0 aromatic rings. The first-order chi connectivity index (χ1) is 6.63. The maximum Gasteiger partial charge on any atom is 0.0191 e. The molecule has 0 heterocycles. The van der Waals surface area contributed by atoms with Crippen molar-refractivity contribution in [2.24, 2.45) is 17.6 Å². The molecule has 2 heteroatoms. The van der Waals surface area contributed by atoms with E-state index in [9.17, 15) is 0 Å². The Balaban J connectivity index is 2.22. The second-order valence-corrected chi connectivity index (χ2v) is 5.06. The summed E-state index contributed by atoms with van der Waals surface area (Å²) >= 11 is 0. The van der Waals surface area contributed by atoms with Gasteiger partial charge in [-0.1, -0.05) is 27.2 Å². The summed E-state index contributed by atoms with van der Waals surface area (Å²) in [5.74, 6) is 1.57. The third kappa shape index (κ3) is 3.58. The Hall–Kier alpha value is -0.0800. The first-order valence-electron chi connectivity index (χ1n) is 6.11. The van der Waals surface area contributed by atoms with Gasteiger partial charge in [-0.25, -0.2) is 0 Å². The zero-order chi connectivity index (χ0) is 10.6. The lowest BCUT2D eigenvalue weighted by Gasteiger charge is -2.33. The minimum Gasteiger partial charge on any atom is -0.326 e. The molecule has 0 radical (unpaired) electrons. The number of rotatable bonds is 6. The normalized spacial score (nSPS) is 20.1. The van der Waals surface area contributed by atoms with Crippen molar-refractivity contribution in [1.82, 2.24) is 4.90 Å². The zero-order valence-corrected chi connectivity index (χ0v) is 10.00. The highest BCUT2D eigenvalue weighted by molar-refractivity contribution is 4.76. The number of likely N-dealkylation sites (N-methyl/N-ethyl adjacent to an activating group) is 1. The van der Waals surface area contributed by atoms with Crippen LogP contribution in [0.4, 0.5) is 0 Å². The summed E-state index contributed by atoms with van der Waals surface area (Å²) in [6, 6.07) is 0.343. The Bertz CT molecular complexity index is 152. The van der Waals surface area contributed by atoms with Crippen LogP contribution < -0.4 is 5.73 Å². The summed E-state index contributed by atoms with van der Waals surface area (Å²) in [4.78, 5) is 2.52. The molecular weight excluding hydrogens is 172 g/mol. The molecule has 1 atom stereocenters. The van der Waals surface area contributed by atoms with Crippen molar-refractivity contribution < 1.29 is 0 Å². The second kappa shape index (κ2) is 5.72. The average Bonchev–Trinajstić information content (AvgIpc) is 2.08. The molecule has 2 nitrogen and oxygen atoms in total. The first-order valence-corrected chi connectivity index (χ1v) is 6.11. The summed E-state index contributed by atoms with van der Waals surface area (Å²) < 4.78 is 0. The molecule has 1 aliphatic carbocycles. The van der Waals surface area contributed by atoms with Crippen molar-refractivity contribution in [2.45, 2.75) is 46.1 Å². The van der Waals surface area contributed by atoms with Crippen molar-refractivity contribution in [1.29, 1.82) is 0 Å². The predicted octanol–water partition coefficient (Wildman–Crippen LogP) is 2.09. The van der Waals surface area contributed by atoms with Crippen LogP contribution in [0.3, 0.4) is 0 Å². The van der Waals surface area contributed by atoms with Crippen LogP contribution in [0.2, 0.25) is 0 Å². The Labute approximate surface area is 88.8 Å². The molecule has 1 fully saturated rings. The fourth-order valence-electron chi connectivity index (χ4n) is 1.88. The van der Waals surface area contributed by atoms with Gasteiger partial charge in [0.1, 0.15) is 0 Å². The van der Waals surface area contributed by atoms with E-state index in [-0.39, 0.29) is 0 Å². The van der Waals surface area contributed by atoms with Gasteiger partial charge in [-0.15, -0.1) is 0 Å². The highest BCUT2D eigenvalue weighted by atomic mass is 15.1. The number of nitrogens with zero attached hydrogens (tertiary/aromatic N) is 1. The van der Waals surface area contributed by atoms with Gasteiger partial charge in [-0.2, -0.15) is 0 Å². The van der Waals surface area contributed by atoms with Crippen molar-refractivity contribution in [3.8, 4) is 0 Å². The molecule has 0 saturated heterocycles. The van der Waals surface area contributed by atoms with Gasteiger partial charge in [0, 0.05) is 19.1 Å². The number of hydrogen-bond donors (Lipinski definition) is 1. The zero-order valence-electron chi connectivity index (χ0n) is 10.00. The van der Waals surface area contributed by atoms with Gasteiger partial charge in [0.25, 0.3) is 0 Å². The molecular formula is C12H26N2. The maximum absolute atomic E-state index is 6.09. The van der Waals surface area contributed by atoms with Crippen LogP contribution in [0.25, 0.3) is 0 Å². The molecule has 1 unspecified atom stereocenters. The third-order valence-corrected chi connectivity index (χ3v) is 3.51. The highest BCUT2D eigenvalue weighted by Crippen LogP contribution is 2.27. The molecule has 0 bridgehead atoms. The predicted molar refractivity (Wildman–Crippen MR) is 62.3 cm³/mol. The molecule has 1 aliphatic rings. The van der Waals surface area contributed by atoms with Gasteiger partial charge in [0.05, 0.1) is 0 Å². The molecule has 0 aromatic heterocycles. The van der Waals surface area contributed by atoms with Gasteiger partial charge >= 0.3 is 0 Å². The average molecular weight is 198 g/mol. The largest absolute Gasteiger partial charge is 0.326 e. The van der Waals surface area contributed by atoms with Crippen LogP contribution >= 0.6 is 0 Å².